The molecule has 1 aliphatic carbocycles. The van der Waals surface area contributed by atoms with Crippen LogP contribution in [0, 0.1) is 5.41 Å². The van der Waals surface area contributed by atoms with Crippen molar-refractivity contribution in [1.82, 2.24) is 5.32 Å². The molecule has 0 aromatic heterocycles. The fraction of sp³-hybridized carbons (Fsp3) is 1.00. The molecule has 0 radical (unpaired) electrons. The second kappa shape index (κ2) is 3.69. The summed E-state index contributed by atoms with van der Waals surface area (Å²) in [7, 11) is 0. The molecular formula is C11H21NOS. The Morgan fingerprint density at radius 1 is 1.43 bits per heavy atom. The lowest BCUT2D eigenvalue weighted by Crippen LogP contribution is -2.62. The third kappa shape index (κ3) is 1.70. The van der Waals surface area contributed by atoms with Gasteiger partial charge in [0.15, 0.2) is 0 Å². The maximum Gasteiger partial charge on any atom is 0.0621 e. The first-order valence-corrected chi connectivity index (χ1v) is 6.62. The molecule has 0 bridgehead atoms. The molecule has 1 saturated carbocycles. The van der Waals surface area contributed by atoms with E-state index in [1.807, 2.05) is 0 Å². The van der Waals surface area contributed by atoms with Gasteiger partial charge >= 0.3 is 0 Å². The van der Waals surface area contributed by atoms with Crippen molar-refractivity contribution in [3.63, 3.8) is 0 Å². The van der Waals surface area contributed by atoms with Gasteiger partial charge in [0.25, 0.3) is 0 Å². The van der Waals surface area contributed by atoms with Gasteiger partial charge in [-0.05, 0) is 18.6 Å². The molecule has 1 heterocycles. The van der Waals surface area contributed by atoms with Gasteiger partial charge in [-0.3, -0.25) is 0 Å². The highest BCUT2D eigenvalue weighted by Crippen LogP contribution is 2.41. The summed E-state index contributed by atoms with van der Waals surface area (Å²) in [5.41, 5.74) is 0.0764. The van der Waals surface area contributed by atoms with Crippen LogP contribution in [0.3, 0.4) is 0 Å². The SMILES string of the molecule is CC1SCCC1NC1CC(O)C1(C)C. The predicted molar refractivity (Wildman–Crippen MR) is 61.7 cm³/mol. The Labute approximate surface area is 90.8 Å². The largest absolute Gasteiger partial charge is 0.392 e. The van der Waals surface area contributed by atoms with Gasteiger partial charge in [0.05, 0.1) is 6.10 Å². The Morgan fingerprint density at radius 3 is 2.57 bits per heavy atom. The van der Waals surface area contributed by atoms with Crippen molar-refractivity contribution in [2.24, 2.45) is 5.41 Å². The van der Waals surface area contributed by atoms with E-state index in [-0.39, 0.29) is 11.5 Å². The monoisotopic (exact) mass is 215 g/mol. The van der Waals surface area contributed by atoms with Crippen molar-refractivity contribution < 1.29 is 5.11 Å². The van der Waals surface area contributed by atoms with Crippen molar-refractivity contribution >= 4 is 11.8 Å². The highest BCUT2D eigenvalue weighted by atomic mass is 32.2. The van der Waals surface area contributed by atoms with Crippen LogP contribution in [-0.4, -0.2) is 34.3 Å². The lowest BCUT2D eigenvalue weighted by Gasteiger charge is -2.51. The smallest absolute Gasteiger partial charge is 0.0621 e. The summed E-state index contributed by atoms with van der Waals surface area (Å²) < 4.78 is 0. The topological polar surface area (TPSA) is 32.3 Å². The van der Waals surface area contributed by atoms with E-state index in [9.17, 15) is 5.11 Å². The van der Waals surface area contributed by atoms with E-state index in [1.165, 1.54) is 12.2 Å². The fourth-order valence-corrected chi connectivity index (χ4v) is 3.60. The standard InChI is InChI=1S/C11H21NOS/c1-7-8(4-5-14-7)12-9-6-10(13)11(9,2)3/h7-10,12-13H,4-6H2,1-3H3. The molecule has 2 fully saturated rings. The zero-order chi connectivity index (χ0) is 10.3. The van der Waals surface area contributed by atoms with Gasteiger partial charge in [-0.2, -0.15) is 11.8 Å². The fourth-order valence-electron chi connectivity index (χ4n) is 2.39. The minimum atomic E-state index is -0.107. The second-order valence-corrected chi connectivity index (χ2v) is 6.75. The van der Waals surface area contributed by atoms with Gasteiger partial charge < -0.3 is 10.4 Å². The molecule has 0 aromatic carbocycles. The molecular weight excluding hydrogens is 194 g/mol. The van der Waals surface area contributed by atoms with Crippen LogP contribution in [0.25, 0.3) is 0 Å². The summed E-state index contributed by atoms with van der Waals surface area (Å²) in [4.78, 5) is 0. The normalized spacial score (nSPS) is 46.3. The average molecular weight is 215 g/mol. The van der Waals surface area contributed by atoms with Crippen molar-refractivity contribution in [3.05, 3.63) is 0 Å². The van der Waals surface area contributed by atoms with Crippen LogP contribution in [0.2, 0.25) is 0 Å². The van der Waals surface area contributed by atoms with Crippen molar-refractivity contribution in [2.45, 2.75) is 57.1 Å². The lowest BCUT2D eigenvalue weighted by atomic mass is 9.64. The predicted octanol–water partition coefficient (Wildman–Crippen LogP) is 1.63. The molecule has 2 aliphatic rings. The molecule has 14 heavy (non-hydrogen) atoms. The maximum atomic E-state index is 9.64. The van der Waals surface area contributed by atoms with Crippen LogP contribution in [0.15, 0.2) is 0 Å². The third-order valence-electron chi connectivity index (χ3n) is 4.01. The molecule has 0 amide bonds. The molecule has 3 heteroatoms. The van der Waals surface area contributed by atoms with E-state index >= 15 is 0 Å². The molecule has 4 atom stereocenters. The number of nitrogens with one attached hydrogen (secondary N) is 1. The highest BCUT2D eigenvalue weighted by molar-refractivity contribution is 8.00. The van der Waals surface area contributed by atoms with Crippen molar-refractivity contribution in [2.75, 3.05) is 5.75 Å². The van der Waals surface area contributed by atoms with Crippen LogP contribution in [0.1, 0.15) is 33.6 Å². The summed E-state index contributed by atoms with van der Waals surface area (Å²) in [6.45, 7) is 6.62. The summed E-state index contributed by atoms with van der Waals surface area (Å²) in [6.07, 6.45) is 2.11. The minimum absolute atomic E-state index is 0.0764. The molecule has 2 nitrogen and oxygen atoms in total. The van der Waals surface area contributed by atoms with Crippen LogP contribution < -0.4 is 5.32 Å². The van der Waals surface area contributed by atoms with E-state index in [0.29, 0.717) is 12.1 Å². The van der Waals surface area contributed by atoms with E-state index in [0.717, 1.165) is 11.7 Å². The van der Waals surface area contributed by atoms with Crippen LogP contribution >= 0.6 is 11.8 Å². The molecule has 0 aromatic rings. The molecule has 82 valence electrons. The summed E-state index contributed by atoms with van der Waals surface area (Å²) >= 11 is 2.06. The van der Waals surface area contributed by atoms with Crippen molar-refractivity contribution in [3.8, 4) is 0 Å². The number of aliphatic hydroxyl groups excluding tert-OH is 1. The minimum Gasteiger partial charge on any atom is -0.392 e. The van der Waals surface area contributed by atoms with Crippen LogP contribution in [-0.2, 0) is 0 Å². The highest BCUT2D eigenvalue weighted by Gasteiger charge is 2.48. The Morgan fingerprint density at radius 2 is 2.14 bits per heavy atom. The van der Waals surface area contributed by atoms with Gasteiger partial charge in [0.2, 0.25) is 0 Å². The lowest BCUT2D eigenvalue weighted by molar-refractivity contribution is -0.0756. The number of hydrogen-bond acceptors (Lipinski definition) is 3. The van der Waals surface area contributed by atoms with Crippen LogP contribution in [0.5, 0.6) is 0 Å². The first kappa shape index (κ1) is 10.8. The zero-order valence-corrected chi connectivity index (χ0v) is 10.1. The molecule has 1 aliphatic heterocycles. The first-order valence-electron chi connectivity index (χ1n) is 5.57. The number of hydrogen-bond donors (Lipinski definition) is 2. The second-order valence-electron chi connectivity index (χ2n) is 5.26. The number of aliphatic hydroxyl groups is 1. The van der Waals surface area contributed by atoms with Gasteiger partial charge in [0.1, 0.15) is 0 Å². The molecule has 1 saturated heterocycles. The van der Waals surface area contributed by atoms with Gasteiger partial charge in [0, 0.05) is 22.7 Å². The van der Waals surface area contributed by atoms with E-state index in [2.05, 4.69) is 37.8 Å². The Bertz CT molecular complexity index is 219. The summed E-state index contributed by atoms with van der Waals surface area (Å²) in [5.74, 6) is 1.29. The molecule has 4 unspecified atom stereocenters. The quantitative estimate of drug-likeness (QED) is 0.734. The van der Waals surface area contributed by atoms with Crippen LogP contribution in [0.4, 0.5) is 0 Å². The zero-order valence-electron chi connectivity index (χ0n) is 9.29. The van der Waals surface area contributed by atoms with E-state index in [1.54, 1.807) is 0 Å². The Balaban J connectivity index is 1.87. The molecule has 0 spiro atoms. The summed E-state index contributed by atoms with van der Waals surface area (Å²) in [5, 5.41) is 14.1. The Hall–Kier alpha value is 0.270. The molecule has 2 rings (SSSR count). The van der Waals surface area contributed by atoms with Crippen molar-refractivity contribution in [1.29, 1.82) is 0 Å². The maximum absolute atomic E-state index is 9.64. The van der Waals surface area contributed by atoms with Gasteiger partial charge in [-0.1, -0.05) is 20.8 Å². The average Bonchev–Trinajstić information content (AvgIpc) is 2.51. The number of rotatable bonds is 2. The van der Waals surface area contributed by atoms with Gasteiger partial charge in [-0.25, -0.2) is 0 Å². The van der Waals surface area contributed by atoms with E-state index < -0.39 is 0 Å². The number of thioether (sulfide) groups is 1. The Kier molecular flexibility index (Phi) is 2.84. The summed E-state index contributed by atoms with van der Waals surface area (Å²) in [6, 6.07) is 1.18. The first-order chi connectivity index (χ1) is 6.51. The van der Waals surface area contributed by atoms with E-state index in [4.69, 9.17) is 0 Å². The third-order valence-corrected chi connectivity index (χ3v) is 5.33. The van der Waals surface area contributed by atoms with Gasteiger partial charge in [-0.15, -0.1) is 0 Å². The molecule has 2 N–H and O–H groups in total.